The van der Waals surface area contributed by atoms with Crippen LogP contribution in [0.3, 0.4) is 0 Å². The molecule has 2 rings (SSSR count). The number of hydrogen-bond acceptors (Lipinski definition) is 1. The smallest absolute Gasteiger partial charge is 0.304 e. The molecule has 1 aliphatic rings. The summed E-state index contributed by atoms with van der Waals surface area (Å²) in [4.78, 5) is 10.8. The second-order valence-corrected chi connectivity index (χ2v) is 4.52. The summed E-state index contributed by atoms with van der Waals surface area (Å²) < 4.78 is 13.7. The second-order valence-electron chi connectivity index (χ2n) is 4.52. The van der Waals surface area contributed by atoms with Crippen molar-refractivity contribution in [3.8, 4) is 0 Å². The molecule has 0 unspecified atom stereocenters. The van der Waals surface area contributed by atoms with E-state index in [0.29, 0.717) is 5.56 Å². The lowest BCUT2D eigenvalue weighted by molar-refractivity contribution is -0.137. The fourth-order valence-electron chi connectivity index (χ4n) is 2.18. The maximum absolute atomic E-state index is 13.7. The Morgan fingerprint density at radius 3 is 2.69 bits per heavy atom. The van der Waals surface area contributed by atoms with Crippen LogP contribution < -0.4 is 0 Å². The number of carboxylic acid groups (broad SMARTS) is 1. The predicted molar refractivity (Wildman–Crippen MR) is 58.9 cm³/mol. The maximum Gasteiger partial charge on any atom is 0.304 e. The molecule has 1 aromatic rings. The van der Waals surface area contributed by atoms with E-state index in [2.05, 4.69) is 0 Å². The zero-order valence-corrected chi connectivity index (χ0v) is 9.29. The highest BCUT2D eigenvalue weighted by Gasteiger charge is 2.47. The largest absolute Gasteiger partial charge is 0.481 e. The Morgan fingerprint density at radius 1 is 1.50 bits per heavy atom. The molecule has 1 fully saturated rings. The van der Waals surface area contributed by atoms with Crippen molar-refractivity contribution in [2.75, 3.05) is 0 Å². The molecule has 0 bridgehead atoms. The van der Waals surface area contributed by atoms with E-state index >= 15 is 0 Å². The molecule has 0 amide bonds. The lowest BCUT2D eigenvalue weighted by Crippen LogP contribution is -2.15. The standard InChI is InChI=1S/C13H15FO2/c1-2-9-3-4-11(14)10(7-9)13(5-6-13)8-12(15)16/h3-4,7H,2,5-6,8H2,1H3,(H,15,16). The highest BCUT2D eigenvalue weighted by Crippen LogP contribution is 2.52. The van der Waals surface area contributed by atoms with Gasteiger partial charge in [0.25, 0.3) is 0 Å². The first kappa shape index (κ1) is 11.1. The van der Waals surface area contributed by atoms with Crippen LogP contribution in [0.2, 0.25) is 0 Å². The summed E-state index contributed by atoms with van der Waals surface area (Å²) in [5, 5.41) is 8.85. The minimum atomic E-state index is -0.848. The molecule has 86 valence electrons. The van der Waals surface area contributed by atoms with E-state index in [4.69, 9.17) is 5.11 Å². The second kappa shape index (κ2) is 3.89. The molecule has 1 saturated carbocycles. The van der Waals surface area contributed by atoms with Gasteiger partial charge in [-0.3, -0.25) is 4.79 Å². The van der Waals surface area contributed by atoms with Gasteiger partial charge in [-0.25, -0.2) is 4.39 Å². The van der Waals surface area contributed by atoms with E-state index in [0.717, 1.165) is 24.8 Å². The number of halogens is 1. The van der Waals surface area contributed by atoms with Crippen molar-refractivity contribution < 1.29 is 14.3 Å². The molecule has 0 radical (unpaired) electrons. The fraction of sp³-hybridized carbons (Fsp3) is 0.462. The quantitative estimate of drug-likeness (QED) is 0.850. The molecule has 0 heterocycles. The molecule has 2 nitrogen and oxygen atoms in total. The van der Waals surface area contributed by atoms with Crippen molar-refractivity contribution in [2.45, 2.75) is 38.0 Å². The molecule has 0 aliphatic heterocycles. The Labute approximate surface area is 94.1 Å². The van der Waals surface area contributed by atoms with Gasteiger partial charge in [0, 0.05) is 5.41 Å². The first-order valence-electron chi connectivity index (χ1n) is 5.58. The van der Waals surface area contributed by atoms with Crippen molar-refractivity contribution in [1.29, 1.82) is 0 Å². The number of carboxylic acids is 1. The minimum absolute atomic E-state index is 0.0388. The molecule has 3 heteroatoms. The lowest BCUT2D eigenvalue weighted by Gasteiger charge is -2.15. The monoisotopic (exact) mass is 222 g/mol. The molecule has 0 saturated heterocycles. The van der Waals surface area contributed by atoms with Gasteiger partial charge in [0.15, 0.2) is 0 Å². The number of carbonyl (C=O) groups is 1. The van der Waals surface area contributed by atoms with Gasteiger partial charge in [-0.1, -0.05) is 19.1 Å². The molecule has 0 aromatic heterocycles. The van der Waals surface area contributed by atoms with Gasteiger partial charge in [0.1, 0.15) is 5.82 Å². The first-order valence-corrected chi connectivity index (χ1v) is 5.58. The van der Waals surface area contributed by atoms with Crippen molar-refractivity contribution in [1.82, 2.24) is 0 Å². The Morgan fingerprint density at radius 2 is 2.19 bits per heavy atom. The summed E-state index contributed by atoms with van der Waals surface area (Å²) in [5.74, 6) is -1.12. The fourth-order valence-corrected chi connectivity index (χ4v) is 2.18. The van der Waals surface area contributed by atoms with Crippen molar-refractivity contribution in [3.05, 3.63) is 35.1 Å². The molecule has 0 atom stereocenters. The van der Waals surface area contributed by atoms with Gasteiger partial charge in [0.05, 0.1) is 6.42 Å². The minimum Gasteiger partial charge on any atom is -0.481 e. The average molecular weight is 222 g/mol. The summed E-state index contributed by atoms with van der Waals surface area (Å²) in [5.41, 5.74) is 1.23. The van der Waals surface area contributed by atoms with Gasteiger partial charge in [-0.2, -0.15) is 0 Å². The third-order valence-electron chi connectivity index (χ3n) is 3.35. The van der Waals surface area contributed by atoms with Gasteiger partial charge < -0.3 is 5.11 Å². The zero-order chi connectivity index (χ0) is 11.8. The molecule has 1 aromatic carbocycles. The topological polar surface area (TPSA) is 37.3 Å². The third-order valence-corrected chi connectivity index (χ3v) is 3.35. The first-order chi connectivity index (χ1) is 7.57. The summed E-state index contributed by atoms with van der Waals surface area (Å²) in [6.07, 6.45) is 2.44. The van der Waals surface area contributed by atoms with E-state index in [1.165, 1.54) is 6.07 Å². The number of benzene rings is 1. The van der Waals surface area contributed by atoms with Crippen LogP contribution >= 0.6 is 0 Å². The lowest BCUT2D eigenvalue weighted by atomic mass is 9.90. The van der Waals surface area contributed by atoms with E-state index in [9.17, 15) is 9.18 Å². The van der Waals surface area contributed by atoms with Gasteiger partial charge >= 0.3 is 5.97 Å². The van der Waals surface area contributed by atoms with Crippen LogP contribution in [-0.4, -0.2) is 11.1 Å². The predicted octanol–water partition coefficient (Wildman–Crippen LogP) is 2.89. The Bertz CT molecular complexity index is 422. The molecule has 1 aliphatic carbocycles. The summed E-state index contributed by atoms with van der Waals surface area (Å²) >= 11 is 0. The van der Waals surface area contributed by atoms with Crippen LogP contribution in [0, 0.1) is 5.82 Å². The highest BCUT2D eigenvalue weighted by molar-refractivity contribution is 5.70. The number of rotatable bonds is 4. The van der Waals surface area contributed by atoms with E-state index < -0.39 is 11.4 Å². The van der Waals surface area contributed by atoms with Crippen molar-refractivity contribution in [3.63, 3.8) is 0 Å². The zero-order valence-electron chi connectivity index (χ0n) is 9.29. The average Bonchev–Trinajstić information content (AvgIpc) is 2.98. The van der Waals surface area contributed by atoms with Crippen LogP contribution in [0.1, 0.15) is 37.3 Å². The van der Waals surface area contributed by atoms with Gasteiger partial charge in [0.2, 0.25) is 0 Å². The van der Waals surface area contributed by atoms with Crippen molar-refractivity contribution >= 4 is 5.97 Å². The van der Waals surface area contributed by atoms with Crippen LogP contribution in [0.5, 0.6) is 0 Å². The van der Waals surface area contributed by atoms with Crippen molar-refractivity contribution in [2.24, 2.45) is 0 Å². The molecular formula is C13H15FO2. The summed E-state index contributed by atoms with van der Waals surface area (Å²) in [6.45, 7) is 2.01. The third kappa shape index (κ3) is 1.94. The number of aliphatic carboxylic acids is 1. The van der Waals surface area contributed by atoms with Gasteiger partial charge in [-0.15, -0.1) is 0 Å². The van der Waals surface area contributed by atoms with Gasteiger partial charge in [-0.05, 0) is 36.5 Å². The number of hydrogen-bond donors (Lipinski definition) is 1. The normalized spacial score (nSPS) is 17.1. The van der Waals surface area contributed by atoms with Crippen LogP contribution in [-0.2, 0) is 16.6 Å². The van der Waals surface area contributed by atoms with E-state index in [1.807, 2.05) is 13.0 Å². The van der Waals surface area contributed by atoms with Crippen LogP contribution in [0.4, 0.5) is 4.39 Å². The Hall–Kier alpha value is -1.38. The molecule has 0 spiro atoms. The Balaban J connectivity index is 2.35. The summed E-state index contributed by atoms with van der Waals surface area (Å²) in [7, 11) is 0. The summed E-state index contributed by atoms with van der Waals surface area (Å²) in [6, 6.07) is 5.04. The molecular weight excluding hydrogens is 207 g/mol. The van der Waals surface area contributed by atoms with E-state index in [1.54, 1.807) is 6.07 Å². The Kier molecular flexibility index (Phi) is 2.70. The highest BCUT2D eigenvalue weighted by atomic mass is 19.1. The maximum atomic E-state index is 13.7. The SMILES string of the molecule is CCc1ccc(F)c(C2(CC(=O)O)CC2)c1. The molecule has 1 N–H and O–H groups in total. The number of aryl methyl sites for hydroxylation is 1. The van der Waals surface area contributed by atoms with E-state index in [-0.39, 0.29) is 12.2 Å². The van der Waals surface area contributed by atoms with Crippen LogP contribution in [0.15, 0.2) is 18.2 Å². The molecule has 16 heavy (non-hydrogen) atoms. The van der Waals surface area contributed by atoms with Crippen LogP contribution in [0.25, 0.3) is 0 Å².